The number of aliphatic imine (C=N–C) groups is 2. The number of carbonyl (C=O) groups excluding carboxylic acids is 12. The van der Waals surface area contributed by atoms with Crippen molar-refractivity contribution in [2.45, 2.75) is 232 Å². The van der Waals surface area contributed by atoms with Crippen LogP contribution in [0.1, 0.15) is 151 Å². The van der Waals surface area contributed by atoms with E-state index in [1.807, 2.05) is 18.7 Å². The Labute approximate surface area is 686 Å². The molecular weight excluding hydrogens is 1530 g/mol. The molecular formula is C78H125N25O15. The van der Waals surface area contributed by atoms with Gasteiger partial charge in [0.15, 0.2) is 11.9 Å². The predicted molar refractivity (Wildman–Crippen MR) is 443 cm³/mol. The molecule has 1 aliphatic rings. The van der Waals surface area contributed by atoms with E-state index in [1.54, 1.807) is 71.6 Å². The first kappa shape index (κ1) is 97.0. The van der Waals surface area contributed by atoms with Crippen LogP contribution in [0.15, 0.2) is 76.1 Å². The van der Waals surface area contributed by atoms with E-state index in [4.69, 9.17) is 40.1 Å². The molecule has 2 aromatic heterocycles. The minimum absolute atomic E-state index is 0.00295. The molecule has 5 rings (SSSR count). The number of H-pyrrole nitrogens is 1. The number of piperazine rings is 1. The summed E-state index contributed by atoms with van der Waals surface area (Å²) in [5.41, 5.74) is 40.8. The van der Waals surface area contributed by atoms with Crippen LogP contribution in [0, 0.1) is 23.7 Å². The van der Waals surface area contributed by atoms with Crippen molar-refractivity contribution in [2.75, 3.05) is 50.7 Å². The molecule has 0 radical (unpaired) electrons. The van der Waals surface area contributed by atoms with Crippen LogP contribution < -0.4 is 104 Å². The molecule has 0 aliphatic carbocycles. The molecule has 0 saturated carbocycles. The lowest BCUT2D eigenvalue weighted by atomic mass is 9.98. The first-order valence-electron chi connectivity index (χ1n) is 40.1. The molecule has 1 fully saturated rings. The molecule has 0 bridgehead atoms. The van der Waals surface area contributed by atoms with Gasteiger partial charge in [-0.25, -0.2) is 9.97 Å². The van der Waals surface area contributed by atoms with Crippen molar-refractivity contribution in [1.82, 2.24) is 77.6 Å². The summed E-state index contributed by atoms with van der Waals surface area (Å²) < 4.78 is 1.06. The molecule has 1 saturated heterocycles. The number of fused-ring (bicyclic) bond motifs is 1. The number of hydrogen-bond acceptors (Lipinski definition) is 22. The highest BCUT2D eigenvalue weighted by Crippen LogP contribution is 2.23. The predicted octanol–water partition coefficient (Wildman–Crippen LogP) is -3.56. The highest BCUT2D eigenvalue weighted by molar-refractivity contribution is 6.00. The number of hydrogen-bond donors (Lipinski definition) is 20. The van der Waals surface area contributed by atoms with E-state index in [-0.39, 0.29) is 91.8 Å². The van der Waals surface area contributed by atoms with Crippen LogP contribution in [-0.4, -0.2) is 236 Å². The highest BCUT2D eigenvalue weighted by atomic mass is 16.3. The number of nitrogens with one attached hydrogen (secondary N) is 11. The van der Waals surface area contributed by atoms with Crippen LogP contribution in [-0.2, 0) is 76.9 Å². The van der Waals surface area contributed by atoms with Gasteiger partial charge in [0, 0.05) is 75.7 Å². The Kier molecular flexibility index (Phi) is 39.7. The van der Waals surface area contributed by atoms with Crippen molar-refractivity contribution in [3.63, 3.8) is 0 Å². The second-order valence-electron chi connectivity index (χ2n) is 31.2. The quantitative estimate of drug-likeness (QED) is 0.0116. The Morgan fingerprint density at radius 1 is 0.568 bits per heavy atom. The van der Waals surface area contributed by atoms with Crippen LogP contribution in [0.3, 0.4) is 0 Å². The fourth-order valence-corrected chi connectivity index (χ4v) is 13.1. The van der Waals surface area contributed by atoms with Crippen LogP contribution in [0.25, 0.3) is 10.9 Å². The third kappa shape index (κ3) is 32.2. The fourth-order valence-electron chi connectivity index (χ4n) is 13.1. The summed E-state index contributed by atoms with van der Waals surface area (Å²) in [6.07, 6.45) is 4.21. The zero-order valence-electron chi connectivity index (χ0n) is 69.2. The maximum Gasteiger partial charge on any atom is 0.261 e. The highest BCUT2D eigenvalue weighted by Gasteiger charge is 2.39. The topological polar surface area (TPSA) is 643 Å². The lowest BCUT2D eigenvalue weighted by molar-refractivity contribution is -0.137. The lowest BCUT2D eigenvalue weighted by Crippen LogP contribution is -2.62. The maximum absolute atomic E-state index is 15.0. The van der Waals surface area contributed by atoms with Crippen LogP contribution in [0.2, 0.25) is 0 Å². The van der Waals surface area contributed by atoms with E-state index in [9.17, 15) is 67.7 Å². The standard InChI is InChI=1S/C78H125N25O15/c1-11-45(8)63(81)72(114)93-55(17-12-13-25-79)76(118)102-30-28-101(29-31-102)50-21-24-53-52(36-50)75(117)103(41-90-53)39-62(107)92-54(18-15-27-88-78(84)85)66(108)97-59(35-49-38-86-40-89-49)69(111)96-58(34-48-19-22-51(105)23-20-48)68(110)94-56(32-42(2)3)67(109)98-60(37-61(80)106)70(112)95-57(33-43(4)5)71(113)99-64(44(6)7)73(115)100-65(47(10)104)74(116)91-46(9)16-14-26-87-77(82)83/h19-24,36,38,40-47,54-60,63-65,104-105H,11-18,25-35,37,39,79,81H2,1-10H3,(H2,80,106)(H,86,89)(H,91,116)(H,92,107)(H,93,114)(H,94,110)(H,95,112)(H,96,111)(H,97,108)(H,98,109)(H,99,113)(H,100,115)(H4,82,83,87)(H4,84,85,88)/t45-,46+,47+,54-,55-,56-,57-,58-,59-,60-,63-,64-,65-/m0/s1. The number of aliphatic hydroxyl groups is 1. The first-order valence-corrected chi connectivity index (χ1v) is 40.1. The largest absolute Gasteiger partial charge is 0.508 e. The number of rotatable bonds is 49. The van der Waals surface area contributed by atoms with Crippen molar-refractivity contribution in [3.8, 4) is 5.75 Å². The van der Waals surface area contributed by atoms with Crippen molar-refractivity contribution >= 4 is 99.4 Å². The molecule has 118 heavy (non-hydrogen) atoms. The smallest absolute Gasteiger partial charge is 0.261 e. The Bertz CT molecular complexity index is 4120. The number of amides is 12. The Morgan fingerprint density at radius 2 is 1.08 bits per heavy atom. The van der Waals surface area contributed by atoms with Crippen LogP contribution in [0.5, 0.6) is 5.75 Å². The van der Waals surface area contributed by atoms with Gasteiger partial charge in [0.25, 0.3) is 5.56 Å². The molecule has 2 aromatic carbocycles. The van der Waals surface area contributed by atoms with E-state index in [1.165, 1.54) is 50.0 Å². The van der Waals surface area contributed by atoms with Gasteiger partial charge in [0.05, 0.1) is 42.1 Å². The third-order valence-corrected chi connectivity index (χ3v) is 19.9. The summed E-state index contributed by atoms with van der Waals surface area (Å²) >= 11 is 0. The zero-order chi connectivity index (χ0) is 87.6. The number of phenols is 1. The number of aliphatic hydroxyl groups excluding tert-OH is 1. The van der Waals surface area contributed by atoms with Gasteiger partial charge in [-0.2, -0.15) is 0 Å². The molecule has 27 N–H and O–H groups in total. The Morgan fingerprint density at radius 3 is 1.63 bits per heavy atom. The van der Waals surface area contributed by atoms with Crippen molar-refractivity contribution in [3.05, 3.63) is 82.9 Å². The summed E-state index contributed by atoms with van der Waals surface area (Å²) in [7, 11) is 0. The minimum atomic E-state index is -1.78. The number of imidazole rings is 1. The number of phenolic OH excluding ortho intramolecular Hbond substituents is 1. The molecule has 40 heteroatoms. The number of benzene rings is 2. The van der Waals surface area contributed by atoms with Gasteiger partial charge in [-0.3, -0.25) is 76.9 Å². The summed E-state index contributed by atoms with van der Waals surface area (Å²) in [5.74, 6) is -11.7. The fraction of sp³-hybridized carbons (Fsp3) is 0.603. The summed E-state index contributed by atoms with van der Waals surface area (Å²) in [4.78, 5) is 207. The molecule has 1 aliphatic heterocycles. The zero-order valence-corrected chi connectivity index (χ0v) is 69.2. The van der Waals surface area contributed by atoms with E-state index >= 15 is 4.79 Å². The number of aromatic hydroxyl groups is 1. The van der Waals surface area contributed by atoms with Crippen molar-refractivity contribution in [2.24, 2.45) is 73.8 Å². The number of primary amides is 1. The number of nitrogens with zero attached hydrogens (tertiary/aromatic N) is 7. The molecule has 40 nitrogen and oxygen atoms in total. The normalized spacial score (nSPS) is 15.5. The number of carbonyl (C=O) groups is 12. The van der Waals surface area contributed by atoms with E-state index in [2.05, 4.69) is 78.1 Å². The molecule has 3 heterocycles. The molecule has 12 amide bonds. The molecule has 4 aromatic rings. The third-order valence-electron chi connectivity index (χ3n) is 19.9. The van der Waals surface area contributed by atoms with Gasteiger partial charge in [0.1, 0.15) is 66.7 Å². The molecule has 13 atom stereocenters. The Hall–Kier alpha value is -11.5. The molecule has 0 spiro atoms. The number of nitrogens with two attached hydrogens (primary N) is 7. The van der Waals surface area contributed by atoms with Crippen LogP contribution >= 0.6 is 0 Å². The Balaban J connectivity index is 1.37. The van der Waals surface area contributed by atoms with Gasteiger partial charge in [-0.15, -0.1) is 0 Å². The van der Waals surface area contributed by atoms with Gasteiger partial charge in [-0.1, -0.05) is 73.9 Å². The number of aromatic amines is 1. The van der Waals surface area contributed by atoms with Gasteiger partial charge in [-0.05, 0) is 138 Å². The number of aromatic nitrogens is 4. The van der Waals surface area contributed by atoms with E-state index < -0.39 is 162 Å². The number of guanidine groups is 2. The first-order chi connectivity index (χ1) is 55.8. The average Bonchev–Trinajstić information content (AvgIpc) is 0.880. The van der Waals surface area contributed by atoms with Crippen LogP contribution in [0.4, 0.5) is 5.69 Å². The monoisotopic (exact) mass is 1650 g/mol. The minimum Gasteiger partial charge on any atom is -0.508 e. The number of unbranched alkanes of at least 4 members (excludes halogenated alkanes) is 1. The summed E-state index contributed by atoms with van der Waals surface area (Å²) in [5, 5.41) is 47.8. The second kappa shape index (κ2) is 48.2. The van der Waals surface area contributed by atoms with Crippen molar-refractivity contribution in [1.29, 1.82) is 0 Å². The molecule has 0 unspecified atom stereocenters. The van der Waals surface area contributed by atoms with Gasteiger partial charge < -0.3 is 118 Å². The summed E-state index contributed by atoms with van der Waals surface area (Å²) in [6, 6.07) is -3.42. The lowest BCUT2D eigenvalue weighted by Gasteiger charge is -2.38. The SMILES string of the molecule is CC[C@H](C)[C@H](N)C(=O)N[C@@H](CCCCN)C(=O)N1CCN(c2ccc3ncn(CC(=O)N[C@@H](CCCN=C(N)N)C(=O)N[C@@H](Cc4cnc[nH]4)C(=O)N[C@@H](Cc4ccc(O)cc4)C(=O)N[C@@H](CC(C)C)C(=O)N[C@@H](CC(N)=O)C(=O)N[C@@H](CC(C)C)C(=O)N[C@H](C(=O)N[C@H](C(=O)N[C@H](C)CCCN=C(N)N)[C@@H](C)O)C(C)C)c(=O)c3c2)CC1. The van der Waals surface area contributed by atoms with Crippen molar-refractivity contribution < 1.29 is 67.7 Å². The van der Waals surface area contributed by atoms with E-state index in [0.29, 0.717) is 100 Å². The number of anilines is 1. The molecule has 652 valence electrons. The second-order valence-corrected chi connectivity index (χ2v) is 31.2. The maximum atomic E-state index is 15.0. The van der Waals surface area contributed by atoms with Gasteiger partial charge in [0.2, 0.25) is 70.9 Å². The van der Waals surface area contributed by atoms with E-state index in [0.717, 1.165) is 4.57 Å². The average molecular weight is 1650 g/mol. The van der Waals surface area contributed by atoms with Gasteiger partial charge >= 0.3 is 0 Å². The summed E-state index contributed by atoms with van der Waals surface area (Å²) in [6.45, 7) is 18.4.